The number of hydrogen-bond acceptors (Lipinski definition) is 6. The lowest BCUT2D eigenvalue weighted by Crippen LogP contribution is -2.36. The molecular weight excluding hydrogens is 439 g/mol. The van der Waals surface area contributed by atoms with E-state index in [0.717, 1.165) is 16.4 Å². The lowest BCUT2D eigenvalue weighted by molar-refractivity contribution is -0.173. The van der Waals surface area contributed by atoms with E-state index in [9.17, 15) is 18.0 Å². The number of halogens is 3. The van der Waals surface area contributed by atoms with Crippen LogP contribution in [0.2, 0.25) is 0 Å². The predicted molar refractivity (Wildman–Crippen MR) is 113 cm³/mol. The monoisotopic (exact) mass is 461 g/mol. The Morgan fingerprint density at radius 1 is 1.21 bits per heavy atom. The van der Waals surface area contributed by atoms with Crippen molar-refractivity contribution in [3.63, 3.8) is 0 Å². The van der Waals surface area contributed by atoms with Gasteiger partial charge in [-0.25, -0.2) is 4.68 Å². The van der Waals surface area contributed by atoms with Crippen molar-refractivity contribution < 1.29 is 27.4 Å². The van der Waals surface area contributed by atoms with Crippen LogP contribution in [-0.2, 0) is 6.54 Å². The fourth-order valence-electron chi connectivity index (χ4n) is 3.80. The van der Waals surface area contributed by atoms with Gasteiger partial charge in [-0.1, -0.05) is 12.1 Å². The number of alkyl halides is 3. The van der Waals surface area contributed by atoms with Gasteiger partial charge in [0.15, 0.2) is 17.5 Å². The van der Waals surface area contributed by atoms with E-state index >= 15 is 0 Å². The fraction of sp³-hybridized carbons (Fsp3) is 0.318. The zero-order valence-electron chi connectivity index (χ0n) is 17.9. The van der Waals surface area contributed by atoms with Crippen molar-refractivity contribution in [1.29, 1.82) is 0 Å². The summed E-state index contributed by atoms with van der Waals surface area (Å²) < 4.78 is 53.1. The molecule has 0 aliphatic carbocycles. The number of methoxy groups -OCH3 is 2. The molecule has 1 aliphatic rings. The van der Waals surface area contributed by atoms with Gasteiger partial charge in [0.05, 0.1) is 26.5 Å². The summed E-state index contributed by atoms with van der Waals surface area (Å²) in [5.41, 5.74) is 1.35. The Morgan fingerprint density at radius 3 is 2.67 bits per heavy atom. The topological polar surface area (TPSA) is 90.3 Å². The van der Waals surface area contributed by atoms with Crippen LogP contribution in [0, 0.1) is 0 Å². The maximum absolute atomic E-state index is 13.9. The second-order valence-electron chi connectivity index (χ2n) is 7.50. The SMILES string of the molecule is COc1ccc([C@H]2C[C@H](C(F)(F)F)n3ncc(C(=O)NCc4cccnc4)c3N2)cc1OC. The number of fused-ring (bicyclic) bond motifs is 1. The number of amides is 1. The molecule has 33 heavy (non-hydrogen) atoms. The van der Waals surface area contributed by atoms with Gasteiger partial charge in [0.1, 0.15) is 11.4 Å². The number of anilines is 1. The first-order chi connectivity index (χ1) is 15.8. The summed E-state index contributed by atoms with van der Waals surface area (Å²) in [6.45, 7) is 0.180. The molecule has 2 atom stereocenters. The van der Waals surface area contributed by atoms with E-state index in [2.05, 4.69) is 20.7 Å². The van der Waals surface area contributed by atoms with Crippen molar-refractivity contribution >= 4 is 11.7 Å². The quantitative estimate of drug-likeness (QED) is 0.579. The Balaban J connectivity index is 1.64. The van der Waals surface area contributed by atoms with Crippen LogP contribution in [0.15, 0.2) is 48.9 Å². The van der Waals surface area contributed by atoms with Gasteiger partial charge in [-0.3, -0.25) is 9.78 Å². The minimum Gasteiger partial charge on any atom is -0.493 e. The Labute approximate surface area is 187 Å². The highest BCUT2D eigenvalue weighted by molar-refractivity contribution is 5.98. The standard InChI is InChI=1S/C22H22F3N5O3/c1-32-17-6-5-14(8-18(17)33-2)16-9-19(22(23,24)25)30-20(29-16)15(12-28-30)21(31)27-11-13-4-3-7-26-10-13/h3-8,10,12,16,19,29H,9,11H2,1-2H3,(H,27,31)/t16-,19-/m1/s1. The van der Waals surface area contributed by atoms with Gasteiger partial charge < -0.3 is 20.1 Å². The highest BCUT2D eigenvalue weighted by Gasteiger charge is 2.47. The molecule has 0 saturated heterocycles. The third-order valence-corrected chi connectivity index (χ3v) is 5.47. The summed E-state index contributed by atoms with van der Waals surface area (Å²) >= 11 is 0. The molecule has 0 spiro atoms. The van der Waals surface area contributed by atoms with Crippen molar-refractivity contribution in [1.82, 2.24) is 20.1 Å². The van der Waals surface area contributed by atoms with Crippen molar-refractivity contribution in [2.75, 3.05) is 19.5 Å². The van der Waals surface area contributed by atoms with Crippen LogP contribution in [0.1, 0.15) is 40.0 Å². The molecule has 0 unspecified atom stereocenters. The number of benzene rings is 1. The maximum atomic E-state index is 13.9. The molecule has 2 aromatic heterocycles. The molecule has 0 bridgehead atoms. The Morgan fingerprint density at radius 2 is 2.00 bits per heavy atom. The molecule has 2 N–H and O–H groups in total. The average Bonchev–Trinajstić information content (AvgIpc) is 3.25. The van der Waals surface area contributed by atoms with Crippen LogP contribution < -0.4 is 20.1 Å². The molecule has 3 heterocycles. The number of rotatable bonds is 6. The van der Waals surface area contributed by atoms with E-state index in [1.165, 1.54) is 14.2 Å². The number of carbonyl (C=O) groups excluding carboxylic acids is 1. The lowest BCUT2D eigenvalue weighted by atomic mass is 9.96. The zero-order chi connectivity index (χ0) is 23.6. The van der Waals surface area contributed by atoms with Gasteiger partial charge in [0.25, 0.3) is 5.91 Å². The summed E-state index contributed by atoms with van der Waals surface area (Å²) in [5, 5.41) is 9.65. The molecule has 1 aromatic carbocycles. The summed E-state index contributed by atoms with van der Waals surface area (Å²) in [6.07, 6.45) is -0.504. The van der Waals surface area contributed by atoms with E-state index in [1.54, 1.807) is 42.7 Å². The maximum Gasteiger partial charge on any atom is 0.410 e. The van der Waals surface area contributed by atoms with Crippen LogP contribution >= 0.6 is 0 Å². The van der Waals surface area contributed by atoms with E-state index in [0.29, 0.717) is 17.1 Å². The summed E-state index contributed by atoms with van der Waals surface area (Å²) in [4.78, 5) is 16.8. The molecule has 1 amide bonds. The number of carbonyl (C=O) groups is 1. The van der Waals surface area contributed by atoms with Gasteiger partial charge >= 0.3 is 6.18 Å². The van der Waals surface area contributed by atoms with Crippen LogP contribution in [0.4, 0.5) is 19.0 Å². The van der Waals surface area contributed by atoms with Crippen LogP contribution in [0.3, 0.4) is 0 Å². The van der Waals surface area contributed by atoms with Crippen LogP contribution in [-0.4, -0.2) is 41.1 Å². The number of pyridine rings is 1. The fourth-order valence-corrected chi connectivity index (χ4v) is 3.80. The normalized spacial score (nSPS) is 17.6. The summed E-state index contributed by atoms with van der Waals surface area (Å²) in [6, 6.07) is 5.81. The summed E-state index contributed by atoms with van der Waals surface area (Å²) in [5.74, 6) is 0.326. The van der Waals surface area contributed by atoms with E-state index in [1.807, 2.05) is 0 Å². The largest absolute Gasteiger partial charge is 0.493 e. The minimum absolute atomic E-state index is 0.00652. The van der Waals surface area contributed by atoms with Gasteiger partial charge in [0, 0.05) is 25.4 Å². The molecule has 0 radical (unpaired) electrons. The van der Waals surface area contributed by atoms with Crippen molar-refractivity contribution in [2.24, 2.45) is 0 Å². The Hall–Kier alpha value is -3.76. The van der Waals surface area contributed by atoms with E-state index < -0.39 is 24.2 Å². The molecule has 1 aliphatic heterocycles. The van der Waals surface area contributed by atoms with Crippen molar-refractivity contribution in [3.05, 3.63) is 65.6 Å². The second-order valence-corrected chi connectivity index (χ2v) is 7.50. The Kier molecular flexibility index (Phi) is 6.12. The number of ether oxygens (including phenoxy) is 2. The number of hydrogen-bond donors (Lipinski definition) is 2. The number of nitrogens with zero attached hydrogens (tertiary/aromatic N) is 3. The highest BCUT2D eigenvalue weighted by atomic mass is 19.4. The summed E-state index contributed by atoms with van der Waals surface area (Å²) in [7, 11) is 2.93. The van der Waals surface area contributed by atoms with Crippen molar-refractivity contribution in [2.45, 2.75) is 31.2 Å². The Bertz CT molecular complexity index is 1130. The van der Waals surface area contributed by atoms with Gasteiger partial charge in [-0.15, -0.1) is 0 Å². The molecule has 4 rings (SSSR count). The first kappa shape index (κ1) is 22.4. The molecule has 174 valence electrons. The predicted octanol–water partition coefficient (Wildman–Crippen LogP) is 3.89. The molecule has 0 saturated carbocycles. The molecule has 11 heteroatoms. The minimum atomic E-state index is -4.55. The van der Waals surface area contributed by atoms with Gasteiger partial charge in [0.2, 0.25) is 0 Å². The molecule has 3 aromatic rings. The van der Waals surface area contributed by atoms with E-state index in [4.69, 9.17) is 9.47 Å². The average molecular weight is 461 g/mol. The molecular formula is C22H22F3N5O3. The van der Waals surface area contributed by atoms with Gasteiger partial charge in [-0.2, -0.15) is 18.3 Å². The van der Waals surface area contributed by atoms with Gasteiger partial charge in [-0.05, 0) is 29.3 Å². The van der Waals surface area contributed by atoms with E-state index in [-0.39, 0.29) is 24.3 Å². The first-order valence-corrected chi connectivity index (χ1v) is 10.1. The lowest BCUT2D eigenvalue weighted by Gasteiger charge is -2.34. The number of nitrogens with one attached hydrogen (secondary N) is 2. The number of aromatic nitrogens is 3. The highest BCUT2D eigenvalue weighted by Crippen LogP contribution is 2.45. The third-order valence-electron chi connectivity index (χ3n) is 5.47. The van der Waals surface area contributed by atoms with Crippen molar-refractivity contribution in [3.8, 4) is 11.5 Å². The van der Waals surface area contributed by atoms with Crippen LogP contribution in [0.25, 0.3) is 0 Å². The first-order valence-electron chi connectivity index (χ1n) is 10.1. The third kappa shape index (κ3) is 4.57. The molecule has 8 nitrogen and oxygen atoms in total. The second kappa shape index (κ2) is 9.00. The molecule has 0 fully saturated rings. The van der Waals surface area contributed by atoms with Crippen LogP contribution in [0.5, 0.6) is 11.5 Å². The smallest absolute Gasteiger partial charge is 0.410 e. The zero-order valence-corrected chi connectivity index (χ0v) is 17.9.